The summed E-state index contributed by atoms with van der Waals surface area (Å²) in [6.45, 7) is 10.9. The molecule has 2 heterocycles. The van der Waals surface area contributed by atoms with E-state index in [1.54, 1.807) is 12.1 Å². The maximum Gasteiger partial charge on any atom is 0.294 e. The highest BCUT2D eigenvalue weighted by atomic mass is 32.2. The molecule has 0 spiro atoms. The Hall–Kier alpha value is -4.47. The highest BCUT2D eigenvalue weighted by Gasteiger charge is 2.45. The molecule has 3 aliphatic rings. The Morgan fingerprint density at radius 1 is 0.677 bits per heavy atom. The lowest BCUT2D eigenvalue weighted by atomic mass is 9.81. The summed E-state index contributed by atoms with van der Waals surface area (Å²) in [6, 6.07) is 14.3. The van der Waals surface area contributed by atoms with Gasteiger partial charge in [-0.15, -0.1) is 0 Å². The Kier molecular flexibility index (Phi) is 14.6. The SMILES string of the molecule is CCCCCC[N+]1=C(/C=C/C2=C(Oc3ccc(S(=O)(=O)O)cc3)C(=C/C=C3/N(CCCCS(=O)(=O)O)c4ccc(S(=O)(=O)O)cc4C3(C)C)/CCC2)C(C)(C)c2cc(S(=O)(=O)O)ccc21. The summed E-state index contributed by atoms with van der Waals surface area (Å²) in [5.74, 6) is 0.351. The number of anilines is 1. The average Bonchev–Trinajstić information content (AvgIpc) is 3.56. The molecule has 0 saturated carbocycles. The number of nitrogens with zero attached hydrogens (tertiary/aromatic N) is 2. The van der Waals surface area contributed by atoms with Crippen molar-refractivity contribution in [2.24, 2.45) is 0 Å². The van der Waals surface area contributed by atoms with Crippen LogP contribution < -0.4 is 9.64 Å². The van der Waals surface area contributed by atoms with Gasteiger partial charge in [-0.1, -0.05) is 39.7 Å². The van der Waals surface area contributed by atoms with E-state index in [0.29, 0.717) is 61.5 Å². The van der Waals surface area contributed by atoms with E-state index >= 15 is 0 Å². The smallest absolute Gasteiger partial charge is 0.294 e. The Morgan fingerprint density at radius 2 is 1.29 bits per heavy atom. The van der Waals surface area contributed by atoms with E-state index in [4.69, 9.17) is 4.74 Å². The fourth-order valence-corrected chi connectivity index (χ4v) is 10.9. The van der Waals surface area contributed by atoms with Crippen LogP contribution in [0.25, 0.3) is 0 Å². The molecule has 0 unspecified atom stereocenters. The molecule has 0 fully saturated rings. The van der Waals surface area contributed by atoms with Crippen LogP contribution in [0, 0.1) is 0 Å². The monoisotopic (exact) mass is 973 g/mol. The number of hydrogen-bond acceptors (Lipinski definition) is 10. The molecule has 0 amide bonds. The molecule has 0 saturated heterocycles. The van der Waals surface area contributed by atoms with Crippen LogP contribution in [0.5, 0.6) is 5.75 Å². The summed E-state index contributed by atoms with van der Waals surface area (Å²) in [5.41, 5.74) is 4.57. The topological polar surface area (TPSA) is 233 Å². The lowest BCUT2D eigenvalue weighted by molar-refractivity contribution is -0.438. The number of benzene rings is 3. The molecule has 1 aliphatic carbocycles. The molecule has 3 aromatic rings. The third-order valence-electron chi connectivity index (χ3n) is 12.3. The van der Waals surface area contributed by atoms with Crippen LogP contribution >= 0.6 is 0 Å². The molecule has 65 heavy (non-hydrogen) atoms. The van der Waals surface area contributed by atoms with Gasteiger partial charge < -0.3 is 9.64 Å². The first-order valence-corrected chi connectivity index (χ1v) is 27.4. The zero-order chi connectivity index (χ0) is 47.8. The van der Waals surface area contributed by atoms with Crippen molar-refractivity contribution in [2.75, 3.05) is 23.7 Å². The summed E-state index contributed by atoms with van der Waals surface area (Å²) >= 11 is 0. The molecular weight excluding hydrogens is 917 g/mol. The van der Waals surface area contributed by atoms with Gasteiger partial charge in [0.15, 0.2) is 5.71 Å². The van der Waals surface area contributed by atoms with E-state index in [1.807, 2.05) is 56.9 Å². The standard InChI is InChI=1S/C46H56N2O13S4/c1-6-7-8-9-27-47-40-23-21-36(64(55,56)57)30-38(40)45(2,3)42(47)25-15-32-13-12-14-33(44(32)61-34-17-19-35(20-18-34)63(52,53)54)16-26-43-46(4,5)39-31-37(65(58,59)60)22-24-41(39)48(43)28-10-11-29-62(49,50)51/h15-26,30-31H,6-14,27-29H2,1-5H3,(H3-,49,50,51,52,53,54,55,56,57,58,59,60)/p+1. The van der Waals surface area contributed by atoms with Crippen molar-refractivity contribution in [3.63, 3.8) is 0 Å². The molecule has 0 bridgehead atoms. The molecule has 0 aromatic heterocycles. The molecule has 19 heteroatoms. The molecule has 15 nitrogen and oxygen atoms in total. The van der Waals surface area contributed by atoms with E-state index in [-0.39, 0.29) is 21.1 Å². The molecule has 0 radical (unpaired) electrons. The van der Waals surface area contributed by atoms with Crippen molar-refractivity contribution in [3.8, 4) is 5.75 Å². The fourth-order valence-electron chi connectivity index (χ4n) is 8.87. The van der Waals surface area contributed by atoms with Crippen LogP contribution in [0.3, 0.4) is 0 Å². The number of hydrogen-bond donors (Lipinski definition) is 4. The van der Waals surface area contributed by atoms with Gasteiger partial charge in [-0.3, -0.25) is 18.2 Å². The predicted octanol–water partition coefficient (Wildman–Crippen LogP) is 8.73. The molecule has 352 valence electrons. The average molecular weight is 974 g/mol. The minimum Gasteiger partial charge on any atom is -0.457 e. The van der Waals surface area contributed by atoms with Crippen molar-refractivity contribution in [1.29, 1.82) is 0 Å². The largest absolute Gasteiger partial charge is 0.457 e. The summed E-state index contributed by atoms with van der Waals surface area (Å²) in [7, 11) is -17.7. The first-order valence-electron chi connectivity index (χ1n) is 21.4. The predicted molar refractivity (Wildman–Crippen MR) is 249 cm³/mol. The Morgan fingerprint density at radius 3 is 1.91 bits per heavy atom. The van der Waals surface area contributed by atoms with Gasteiger partial charge in [0, 0.05) is 47.5 Å². The minimum atomic E-state index is -4.54. The highest BCUT2D eigenvalue weighted by molar-refractivity contribution is 7.86. The lowest BCUT2D eigenvalue weighted by Gasteiger charge is -2.27. The van der Waals surface area contributed by atoms with Crippen molar-refractivity contribution < 1.29 is 61.2 Å². The number of rotatable bonds is 18. The van der Waals surface area contributed by atoms with E-state index in [9.17, 15) is 51.9 Å². The van der Waals surface area contributed by atoms with Crippen LogP contribution in [0.4, 0.5) is 11.4 Å². The normalized spacial score (nSPS) is 18.9. The summed E-state index contributed by atoms with van der Waals surface area (Å²) < 4.78 is 144. The van der Waals surface area contributed by atoms with Gasteiger partial charge in [-0.05, 0) is 136 Å². The molecular formula is C46H57N2O13S4+. The van der Waals surface area contributed by atoms with Crippen LogP contribution in [0.2, 0.25) is 0 Å². The summed E-state index contributed by atoms with van der Waals surface area (Å²) in [6.07, 6.45) is 14.2. The Balaban J connectivity index is 1.48. The first kappa shape index (κ1) is 50.0. The van der Waals surface area contributed by atoms with Crippen LogP contribution in [-0.4, -0.2) is 81.0 Å². The van der Waals surface area contributed by atoms with Gasteiger partial charge in [0.1, 0.15) is 18.1 Å². The van der Waals surface area contributed by atoms with Gasteiger partial charge >= 0.3 is 0 Å². The van der Waals surface area contributed by atoms with Gasteiger partial charge in [-0.25, -0.2) is 0 Å². The Labute approximate surface area is 382 Å². The maximum atomic E-state index is 12.2. The third-order valence-corrected chi connectivity index (χ3v) is 15.7. The second-order valence-electron chi connectivity index (χ2n) is 17.6. The van der Waals surface area contributed by atoms with Gasteiger partial charge in [0.2, 0.25) is 5.69 Å². The zero-order valence-electron chi connectivity index (χ0n) is 37.1. The van der Waals surface area contributed by atoms with Crippen LogP contribution in [0.15, 0.2) is 122 Å². The molecule has 2 aliphatic heterocycles. The zero-order valence-corrected chi connectivity index (χ0v) is 40.3. The number of unbranched alkanes of at least 4 members (excludes halogenated alkanes) is 4. The van der Waals surface area contributed by atoms with Gasteiger partial charge in [0.05, 0.1) is 25.9 Å². The number of fused-ring (bicyclic) bond motifs is 2. The maximum absolute atomic E-state index is 12.2. The lowest BCUT2D eigenvalue weighted by Crippen LogP contribution is -2.28. The van der Waals surface area contributed by atoms with E-state index in [0.717, 1.165) is 59.5 Å². The van der Waals surface area contributed by atoms with Crippen molar-refractivity contribution in [3.05, 3.63) is 119 Å². The van der Waals surface area contributed by atoms with Crippen LogP contribution in [-0.2, 0) is 51.3 Å². The van der Waals surface area contributed by atoms with Crippen molar-refractivity contribution in [2.45, 2.75) is 118 Å². The van der Waals surface area contributed by atoms with Gasteiger partial charge in [0.25, 0.3) is 40.5 Å². The van der Waals surface area contributed by atoms with Crippen LogP contribution in [0.1, 0.15) is 104 Å². The highest BCUT2D eigenvalue weighted by Crippen LogP contribution is 2.49. The second kappa shape index (κ2) is 19.0. The summed E-state index contributed by atoms with van der Waals surface area (Å²) in [5, 5.41) is 0. The summed E-state index contributed by atoms with van der Waals surface area (Å²) in [4.78, 5) is 1.18. The third kappa shape index (κ3) is 11.4. The minimum absolute atomic E-state index is 0.161. The quantitative estimate of drug-likeness (QED) is 0.0530. The molecule has 0 atom stereocenters. The second-order valence-corrected chi connectivity index (χ2v) is 23.5. The molecule has 4 N–H and O–H groups in total. The molecule has 3 aromatic carbocycles. The number of ether oxygens (including phenoxy) is 1. The molecule has 6 rings (SSSR count). The first-order chi connectivity index (χ1) is 30.2. The fraction of sp³-hybridized carbons (Fsp3) is 0.413. The number of allylic oxidation sites excluding steroid dienone is 7. The van der Waals surface area contributed by atoms with E-state index < -0.39 is 57.1 Å². The Bertz CT molecular complexity index is 2960. The van der Waals surface area contributed by atoms with E-state index in [2.05, 4.69) is 11.5 Å². The van der Waals surface area contributed by atoms with Crippen molar-refractivity contribution in [1.82, 2.24) is 0 Å². The van der Waals surface area contributed by atoms with Gasteiger partial charge in [-0.2, -0.15) is 38.2 Å². The van der Waals surface area contributed by atoms with Crippen molar-refractivity contribution >= 4 is 57.6 Å². The van der Waals surface area contributed by atoms with E-state index in [1.165, 1.54) is 48.5 Å².